The van der Waals surface area contributed by atoms with Gasteiger partial charge in [-0.1, -0.05) is 42.0 Å². The standard InChI is InChI=1S/C23H22NO2.F6P/c1-4-26-23(25)21-17-10-6-5-9-16(17)13-24-14-20(15(2)3)18-11-7-8-12-19(18)22(21)24;1-7(2,3,4,5)6/h5-13H,4,14H2,1-3H3;/q+1;-1. The van der Waals surface area contributed by atoms with Gasteiger partial charge in [-0.3, -0.25) is 0 Å². The SMILES string of the molecule is CCOC(=O)c1c2[n+](cc3ccccc13)CC(=C(C)C)c1ccccc1-2.F[P-](F)(F)(F)(F)F. The van der Waals surface area contributed by atoms with Crippen molar-refractivity contribution in [2.45, 2.75) is 27.3 Å². The Morgan fingerprint density at radius 3 is 2.06 bits per heavy atom. The van der Waals surface area contributed by atoms with Gasteiger partial charge in [0.2, 0.25) is 5.69 Å². The fraction of sp³-hybridized carbons (Fsp3) is 0.217. The van der Waals surface area contributed by atoms with Crippen LogP contribution < -0.4 is 4.57 Å². The van der Waals surface area contributed by atoms with Crippen LogP contribution >= 0.6 is 7.81 Å². The molecule has 3 aromatic rings. The van der Waals surface area contributed by atoms with Gasteiger partial charge in [0.05, 0.1) is 12.2 Å². The summed E-state index contributed by atoms with van der Waals surface area (Å²) in [5.41, 5.74) is 6.50. The molecule has 3 nitrogen and oxygen atoms in total. The van der Waals surface area contributed by atoms with Crippen molar-refractivity contribution in [1.82, 2.24) is 0 Å². The summed E-state index contributed by atoms with van der Waals surface area (Å²) in [7, 11) is -10.7. The van der Waals surface area contributed by atoms with Crippen LogP contribution in [0.3, 0.4) is 0 Å². The van der Waals surface area contributed by atoms with Gasteiger partial charge in [0.1, 0.15) is 5.56 Å². The van der Waals surface area contributed by atoms with E-state index in [0.717, 1.165) is 28.6 Å². The predicted octanol–water partition coefficient (Wildman–Crippen LogP) is 8.16. The Morgan fingerprint density at radius 2 is 1.48 bits per heavy atom. The minimum atomic E-state index is -10.7. The number of hydrogen-bond acceptors (Lipinski definition) is 2. The quantitative estimate of drug-likeness (QED) is 0.157. The zero-order chi connectivity index (χ0) is 24.7. The van der Waals surface area contributed by atoms with Gasteiger partial charge in [0, 0.05) is 16.3 Å². The van der Waals surface area contributed by atoms with Crippen molar-refractivity contribution in [1.29, 1.82) is 0 Å². The fourth-order valence-corrected chi connectivity index (χ4v) is 3.80. The van der Waals surface area contributed by atoms with Crippen LogP contribution in [0, 0.1) is 0 Å². The summed E-state index contributed by atoms with van der Waals surface area (Å²) in [6.07, 6.45) is 2.15. The molecule has 0 fully saturated rings. The van der Waals surface area contributed by atoms with E-state index in [0.29, 0.717) is 12.2 Å². The first kappa shape index (κ1) is 24.7. The first-order valence-electron chi connectivity index (χ1n) is 10.0. The average molecular weight is 489 g/mol. The van der Waals surface area contributed by atoms with Crippen molar-refractivity contribution in [3.05, 3.63) is 71.4 Å². The van der Waals surface area contributed by atoms with E-state index in [1.54, 1.807) is 0 Å². The molecule has 2 heterocycles. The van der Waals surface area contributed by atoms with Gasteiger partial charge in [-0.05, 0) is 38.5 Å². The van der Waals surface area contributed by atoms with E-state index in [1.807, 2.05) is 37.3 Å². The number of carbonyl (C=O) groups excluding carboxylic acids is 1. The Labute approximate surface area is 186 Å². The maximum absolute atomic E-state index is 12.9. The van der Waals surface area contributed by atoms with E-state index >= 15 is 0 Å². The summed E-state index contributed by atoms with van der Waals surface area (Å²) in [6.45, 7) is 7.25. The molecule has 0 radical (unpaired) electrons. The molecule has 0 saturated carbocycles. The number of carbonyl (C=O) groups is 1. The van der Waals surface area contributed by atoms with Crippen LogP contribution in [0.4, 0.5) is 25.2 Å². The number of pyridine rings is 1. The van der Waals surface area contributed by atoms with E-state index in [2.05, 4.69) is 42.8 Å². The van der Waals surface area contributed by atoms with Gasteiger partial charge < -0.3 is 4.74 Å². The van der Waals surface area contributed by atoms with Gasteiger partial charge in [-0.25, -0.2) is 4.79 Å². The molecule has 1 aliphatic rings. The summed E-state index contributed by atoms with van der Waals surface area (Å²) in [5, 5.41) is 1.99. The topological polar surface area (TPSA) is 30.2 Å². The van der Waals surface area contributed by atoms with E-state index in [4.69, 9.17) is 4.74 Å². The van der Waals surface area contributed by atoms with Gasteiger partial charge in [0.25, 0.3) is 0 Å². The molecular formula is C23H22F6NO2P. The third-order valence-corrected chi connectivity index (χ3v) is 4.97. The van der Waals surface area contributed by atoms with Crippen molar-refractivity contribution < 1.29 is 39.3 Å². The number of esters is 1. The summed E-state index contributed by atoms with van der Waals surface area (Å²) < 4.78 is 66.8. The molecular weight excluding hydrogens is 467 g/mol. The molecule has 0 amide bonds. The van der Waals surface area contributed by atoms with Crippen molar-refractivity contribution in [2.24, 2.45) is 0 Å². The Morgan fingerprint density at radius 1 is 0.939 bits per heavy atom. The Balaban J connectivity index is 0.000000383. The number of aromatic nitrogens is 1. The van der Waals surface area contributed by atoms with Crippen molar-refractivity contribution in [3.63, 3.8) is 0 Å². The Bertz CT molecular complexity index is 1270. The number of hydrogen-bond donors (Lipinski definition) is 0. The number of fused-ring (bicyclic) bond motifs is 4. The third kappa shape index (κ3) is 6.32. The molecule has 1 aliphatic heterocycles. The second-order valence-corrected chi connectivity index (χ2v) is 9.69. The van der Waals surface area contributed by atoms with E-state index in [9.17, 15) is 30.0 Å². The molecule has 0 N–H and O–H groups in total. The van der Waals surface area contributed by atoms with Crippen LogP contribution in [0.5, 0.6) is 0 Å². The van der Waals surface area contributed by atoms with Gasteiger partial charge in [-0.15, -0.1) is 0 Å². The molecule has 0 spiro atoms. The zero-order valence-electron chi connectivity index (χ0n) is 18.1. The molecule has 178 valence electrons. The average Bonchev–Trinajstić information content (AvgIpc) is 2.69. The summed E-state index contributed by atoms with van der Waals surface area (Å²) in [6, 6.07) is 16.4. The van der Waals surface area contributed by atoms with E-state index < -0.39 is 7.81 Å². The molecule has 4 rings (SSSR count). The normalized spacial score (nSPS) is 14.8. The number of allylic oxidation sites excluding steroid dienone is 2. The molecule has 0 bridgehead atoms. The van der Waals surface area contributed by atoms with Crippen LogP contribution in [0.15, 0.2) is 60.3 Å². The van der Waals surface area contributed by atoms with Crippen LogP contribution in [-0.2, 0) is 11.3 Å². The molecule has 10 heteroatoms. The first-order valence-corrected chi connectivity index (χ1v) is 12.0. The van der Waals surface area contributed by atoms with Crippen LogP contribution in [-0.4, -0.2) is 12.6 Å². The van der Waals surface area contributed by atoms with Crippen molar-refractivity contribution in [3.8, 4) is 11.3 Å². The van der Waals surface area contributed by atoms with Crippen LogP contribution in [0.2, 0.25) is 0 Å². The third-order valence-electron chi connectivity index (χ3n) is 4.97. The molecule has 1 aromatic heterocycles. The first-order chi connectivity index (χ1) is 15.1. The summed E-state index contributed by atoms with van der Waals surface area (Å²) in [5.74, 6) is -0.261. The molecule has 2 aromatic carbocycles. The van der Waals surface area contributed by atoms with Crippen molar-refractivity contribution >= 4 is 30.1 Å². The van der Waals surface area contributed by atoms with Crippen LogP contribution in [0.1, 0.15) is 36.7 Å². The minimum absolute atomic E-state index is 0.261. The van der Waals surface area contributed by atoms with E-state index in [-0.39, 0.29) is 5.97 Å². The number of halogens is 6. The second-order valence-electron chi connectivity index (χ2n) is 7.77. The number of benzene rings is 2. The van der Waals surface area contributed by atoms with Gasteiger partial charge in [0.15, 0.2) is 12.7 Å². The summed E-state index contributed by atoms with van der Waals surface area (Å²) in [4.78, 5) is 12.9. The summed E-state index contributed by atoms with van der Waals surface area (Å²) >= 11 is 0. The molecule has 0 unspecified atom stereocenters. The molecule has 0 atom stereocenters. The monoisotopic (exact) mass is 489 g/mol. The maximum atomic E-state index is 12.9. The molecule has 0 saturated heterocycles. The number of rotatable bonds is 2. The van der Waals surface area contributed by atoms with Gasteiger partial charge in [-0.2, -0.15) is 4.57 Å². The molecule has 33 heavy (non-hydrogen) atoms. The van der Waals surface area contributed by atoms with Crippen LogP contribution in [0.25, 0.3) is 27.6 Å². The Hall–Kier alpha value is -2.93. The zero-order valence-corrected chi connectivity index (χ0v) is 19.0. The predicted molar refractivity (Wildman–Crippen MR) is 117 cm³/mol. The number of ether oxygens (including phenoxy) is 1. The fourth-order valence-electron chi connectivity index (χ4n) is 3.80. The molecule has 0 aliphatic carbocycles. The number of nitrogens with zero attached hydrogens (tertiary/aromatic N) is 1. The van der Waals surface area contributed by atoms with Crippen molar-refractivity contribution in [2.75, 3.05) is 6.61 Å². The second kappa shape index (κ2) is 7.83. The van der Waals surface area contributed by atoms with Gasteiger partial charge >= 0.3 is 39.0 Å². The Kier molecular flexibility index (Phi) is 5.87. The van der Waals surface area contributed by atoms with E-state index in [1.165, 1.54) is 16.7 Å².